The van der Waals surface area contributed by atoms with Gasteiger partial charge < -0.3 is 15.8 Å². The maximum absolute atomic E-state index is 12.3. The van der Waals surface area contributed by atoms with Crippen LogP contribution in [0.4, 0.5) is 11.4 Å². The van der Waals surface area contributed by atoms with Crippen LogP contribution >= 0.6 is 0 Å². The van der Waals surface area contributed by atoms with Gasteiger partial charge in [0.25, 0.3) is 5.91 Å². The number of benzene rings is 1. The average Bonchev–Trinajstić information content (AvgIpc) is 2.46. The zero-order valence-electron chi connectivity index (χ0n) is 13.3. The fourth-order valence-corrected chi connectivity index (χ4v) is 2.04. The molecule has 2 rings (SSSR count). The minimum absolute atomic E-state index is 0.0115. The van der Waals surface area contributed by atoms with Crippen molar-refractivity contribution in [3.63, 3.8) is 0 Å². The van der Waals surface area contributed by atoms with Crippen molar-refractivity contribution in [2.24, 2.45) is 0 Å². The number of nitrogens with zero attached hydrogens (tertiary/aromatic N) is 1. The Bertz CT molecular complexity index is 691. The third-order valence-electron chi connectivity index (χ3n) is 3.32. The number of nitrogens with one attached hydrogen (secondary N) is 1. The van der Waals surface area contributed by atoms with E-state index < -0.39 is 0 Å². The first-order chi connectivity index (χ1) is 10.3. The molecule has 0 unspecified atom stereocenters. The summed E-state index contributed by atoms with van der Waals surface area (Å²) in [5.74, 6) is 0.144. The molecule has 0 radical (unpaired) electrons. The highest BCUT2D eigenvalue weighted by Crippen LogP contribution is 2.24. The van der Waals surface area contributed by atoms with Crippen LogP contribution < -0.4 is 15.8 Å². The molecule has 0 aliphatic rings. The predicted molar refractivity (Wildman–Crippen MR) is 88.3 cm³/mol. The monoisotopic (exact) mass is 299 g/mol. The summed E-state index contributed by atoms with van der Waals surface area (Å²) in [5, 5.41) is 2.79. The van der Waals surface area contributed by atoms with E-state index in [0.29, 0.717) is 22.8 Å². The summed E-state index contributed by atoms with van der Waals surface area (Å²) in [6, 6.07) is 9.21. The van der Waals surface area contributed by atoms with Gasteiger partial charge >= 0.3 is 0 Å². The fourth-order valence-electron chi connectivity index (χ4n) is 2.04. The van der Waals surface area contributed by atoms with Gasteiger partial charge in [-0.25, -0.2) is 4.98 Å². The van der Waals surface area contributed by atoms with E-state index in [-0.39, 0.29) is 11.3 Å². The van der Waals surface area contributed by atoms with Crippen LogP contribution in [-0.4, -0.2) is 18.0 Å². The van der Waals surface area contributed by atoms with Gasteiger partial charge in [0.15, 0.2) is 0 Å². The number of amides is 1. The first kappa shape index (κ1) is 15.8. The number of hydrogen-bond acceptors (Lipinski definition) is 4. The molecule has 0 saturated carbocycles. The summed E-state index contributed by atoms with van der Waals surface area (Å²) < 4.78 is 4.99. The Labute approximate surface area is 130 Å². The zero-order chi connectivity index (χ0) is 16.3. The van der Waals surface area contributed by atoms with E-state index in [1.807, 2.05) is 18.2 Å². The largest absolute Gasteiger partial charge is 0.480 e. The molecule has 0 bridgehead atoms. The van der Waals surface area contributed by atoms with Crippen molar-refractivity contribution in [1.29, 1.82) is 0 Å². The summed E-state index contributed by atoms with van der Waals surface area (Å²) in [4.78, 5) is 16.4. The first-order valence-corrected chi connectivity index (χ1v) is 7.02. The van der Waals surface area contributed by atoms with Crippen molar-refractivity contribution in [1.82, 2.24) is 4.98 Å². The lowest BCUT2D eigenvalue weighted by atomic mass is 9.86. The highest BCUT2D eigenvalue weighted by molar-refractivity contribution is 6.04. The number of anilines is 2. The summed E-state index contributed by atoms with van der Waals surface area (Å²) in [6.07, 6.45) is 1.51. The van der Waals surface area contributed by atoms with Gasteiger partial charge in [-0.2, -0.15) is 0 Å². The topological polar surface area (TPSA) is 77.2 Å². The lowest BCUT2D eigenvalue weighted by molar-refractivity contribution is 0.102. The normalized spacial score (nSPS) is 11.1. The molecule has 1 heterocycles. The Morgan fingerprint density at radius 2 is 2.00 bits per heavy atom. The molecule has 116 valence electrons. The number of aromatic nitrogens is 1. The molecule has 1 aromatic carbocycles. The van der Waals surface area contributed by atoms with E-state index in [9.17, 15) is 4.79 Å². The van der Waals surface area contributed by atoms with E-state index in [1.165, 1.54) is 13.3 Å². The molecule has 22 heavy (non-hydrogen) atoms. The molecule has 1 amide bonds. The third-order valence-corrected chi connectivity index (χ3v) is 3.32. The lowest BCUT2D eigenvalue weighted by Crippen LogP contribution is -2.16. The molecule has 3 N–H and O–H groups in total. The number of rotatable bonds is 3. The molecule has 1 aromatic heterocycles. The molecule has 0 saturated heterocycles. The molecule has 0 spiro atoms. The van der Waals surface area contributed by atoms with Gasteiger partial charge in [-0.05, 0) is 29.2 Å². The Hall–Kier alpha value is -2.56. The van der Waals surface area contributed by atoms with Crippen LogP contribution in [0.1, 0.15) is 36.7 Å². The second kappa shape index (κ2) is 6.05. The smallest absolute Gasteiger partial charge is 0.255 e. The summed E-state index contributed by atoms with van der Waals surface area (Å²) in [7, 11) is 1.49. The molecule has 5 nitrogen and oxygen atoms in total. The molecule has 0 aliphatic carbocycles. The summed E-state index contributed by atoms with van der Waals surface area (Å²) in [5.41, 5.74) is 8.39. The van der Waals surface area contributed by atoms with Crippen molar-refractivity contribution < 1.29 is 9.53 Å². The number of carbonyl (C=O) groups is 1. The molecule has 5 heteroatoms. The van der Waals surface area contributed by atoms with Crippen molar-refractivity contribution in [2.75, 3.05) is 18.2 Å². The lowest BCUT2D eigenvalue weighted by Gasteiger charge is -2.19. The van der Waals surface area contributed by atoms with Crippen LogP contribution in [0, 0.1) is 0 Å². The van der Waals surface area contributed by atoms with E-state index >= 15 is 0 Å². The Balaban J connectivity index is 2.21. The standard InChI is InChI=1S/C17H21N3O2/c1-17(2,3)12-7-5-6-11(8-12)15(21)20-13-9-14(18)16(22-4)19-10-13/h5-10H,18H2,1-4H3,(H,20,21). The van der Waals surface area contributed by atoms with Gasteiger partial charge in [-0.3, -0.25) is 4.79 Å². The van der Waals surface area contributed by atoms with Gasteiger partial charge in [-0.15, -0.1) is 0 Å². The number of pyridine rings is 1. The highest BCUT2D eigenvalue weighted by Gasteiger charge is 2.16. The van der Waals surface area contributed by atoms with Crippen molar-refractivity contribution in [3.8, 4) is 5.88 Å². The van der Waals surface area contributed by atoms with E-state index in [0.717, 1.165) is 5.56 Å². The molecular weight excluding hydrogens is 278 g/mol. The molecule has 2 aromatic rings. The number of nitrogen functional groups attached to an aromatic ring is 1. The summed E-state index contributed by atoms with van der Waals surface area (Å²) >= 11 is 0. The van der Waals surface area contributed by atoms with E-state index in [4.69, 9.17) is 10.5 Å². The average molecular weight is 299 g/mol. The van der Waals surface area contributed by atoms with Crippen LogP contribution in [0.2, 0.25) is 0 Å². The van der Waals surface area contributed by atoms with Crippen molar-refractivity contribution >= 4 is 17.3 Å². The zero-order valence-corrected chi connectivity index (χ0v) is 13.3. The van der Waals surface area contributed by atoms with Crippen LogP contribution in [0.5, 0.6) is 5.88 Å². The molecular formula is C17H21N3O2. The molecule has 0 atom stereocenters. The van der Waals surface area contributed by atoms with Gasteiger partial charge in [0, 0.05) is 5.56 Å². The molecule has 0 aliphatic heterocycles. The second-order valence-corrected chi connectivity index (χ2v) is 6.11. The second-order valence-electron chi connectivity index (χ2n) is 6.11. The van der Waals surface area contributed by atoms with Gasteiger partial charge in [-0.1, -0.05) is 32.9 Å². The van der Waals surface area contributed by atoms with Crippen molar-refractivity contribution in [3.05, 3.63) is 47.7 Å². The number of ether oxygens (including phenoxy) is 1. The Morgan fingerprint density at radius 1 is 1.27 bits per heavy atom. The van der Waals surface area contributed by atoms with Crippen LogP contribution in [0.25, 0.3) is 0 Å². The number of nitrogens with two attached hydrogens (primary N) is 1. The number of methoxy groups -OCH3 is 1. The molecule has 0 fully saturated rings. The van der Waals surface area contributed by atoms with E-state index in [2.05, 4.69) is 31.1 Å². The Kier molecular flexibility index (Phi) is 4.35. The first-order valence-electron chi connectivity index (χ1n) is 7.02. The maximum Gasteiger partial charge on any atom is 0.255 e. The van der Waals surface area contributed by atoms with Crippen molar-refractivity contribution in [2.45, 2.75) is 26.2 Å². The minimum Gasteiger partial charge on any atom is -0.480 e. The number of carbonyl (C=O) groups excluding carboxylic acids is 1. The highest BCUT2D eigenvalue weighted by atomic mass is 16.5. The maximum atomic E-state index is 12.3. The summed E-state index contributed by atoms with van der Waals surface area (Å²) in [6.45, 7) is 6.33. The third kappa shape index (κ3) is 3.55. The van der Waals surface area contributed by atoms with Gasteiger partial charge in [0.05, 0.1) is 24.7 Å². The van der Waals surface area contributed by atoms with Crippen LogP contribution in [0.3, 0.4) is 0 Å². The van der Waals surface area contributed by atoms with Crippen LogP contribution in [-0.2, 0) is 5.41 Å². The number of hydrogen-bond donors (Lipinski definition) is 2. The van der Waals surface area contributed by atoms with E-state index in [1.54, 1.807) is 12.1 Å². The fraction of sp³-hybridized carbons (Fsp3) is 0.294. The predicted octanol–water partition coefficient (Wildman–Crippen LogP) is 3.22. The minimum atomic E-state index is -0.197. The van der Waals surface area contributed by atoms with Gasteiger partial charge in [0.2, 0.25) is 5.88 Å². The Morgan fingerprint density at radius 3 is 2.59 bits per heavy atom. The quantitative estimate of drug-likeness (QED) is 0.912. The van der Waals surface area contributed by atoms with Crippen LogP contribution in [0.15, 0.2) is 36.5 Å². The SMILES string of the molecule is COc1ncc(NC(=O)c2cccc(C(C)(C)C)c2)cc1N. The van der Waals surface area contributed by atoms with Gasteiger partial charge in [0.1, 0.15) is 0 Å².